The van der Waals surface area contributed by atoms with Crippen molar-refractivity contribution < 1.29 is 17.5 Å². The second-order valence-electron chi connectivity index (χ2n) is 4.86. The van der Waals surface area contributed by atoms with E-state index in [-0.39, 0.29) is 5.75 Å². The van der Waals surface area contributed by atoms with Gasteiger partial charge in [-0.1, -0.05) is 24.3 Å². The molecule has 7 heteroatoms. The number of ether oxygens (including phenoxy) is 1. The van der Waals surface area contributed by atoms with Gasteiger partial charge in [-0.05, 0) is 36.8 Å². The third-order valence-corrected chi connectivity index (χ3v) is 4.26. The molecule has 120 valence electrons. The number of halogens is 1. The normalized spacial score (nSPS) is 12.4. The van der Waals surface area contributed by atoms with Crippen LogP contribution < -0.4 is 9.46 Å². The van der Waals surface area contributed by atoms with E-state index in [4.69, 9.17) is 10.00 Å². The molecule has 0 aliphatic carbocycles. The second kappa shape index (κ2) is 7.22. The Kier molecular flexibility index (Phi) is 5.32. The van der Waals surface area contributed by atoms with Crippen LogP contribution in [0.4, 0.5) is 4.39 Å². The molecule has 0 saturated heterocycles. The maximum atomic E-state index is 14.1. The molecule has 0 unspecified atom stereocenters. The predicted molar refractivity (Wildman–Crippen MR) is 83.9 cm³/mol. The lowest BCUT2D eigenvalue weighted by Gasteiger charge is -2.14. The summed E-state index contributed by atoms with van der Waals surface area (Å²) in [7, 11) is -3.72. The third-order valence-electron chi connectivity index (χ3n) is 3.04. The van der Waals surface area contributed by atoms with Crippen LogP contribution in [-0.4, -0.2) is 14.2 Å². The molecule has 0 heterocycles. The van der Waals surface area contributed by atoms with E-state index in [0.717, 1.165) is 0 Å². The molecule has 2 aromatic carbocycles. The first kappa shape index (κ1) is 16.9. The highest BCUT2D eigenvalue weighted by Gasteiger charge is 2.17. The van der Waals surface area contributed by atoms with Gasteiger partial charge in [0.1, 0.15) is 5.75 Å². The van der Waals surface area contributed by atoms with Crippen molar-refractivity contribution in [2.75, 3.05) is 5.75 Å². The van der Waals surface area contributed by atoms with Gasteiger partial charge in [0.2, 0.25) is 10.0 Å². The molecule has 0 aliphatic heterocycles. The van der Waals surface area contributed by atoms with Crippen molar-refractivity contribution in [3.05, 3.63) is 59.9 Å². The van der Waals surface area contributed by atoms with Gasteiger partial charge in [0.15, 0.2) is 17.3 Å². The number of nitrogens with one attached hydrogen (secondary N) is 1. The van der Waals surface area contributed by atoms with Gasteiger partial charge in [-0.2, -0.15) is 5.26 Å². The fourth-order valence-corrected chi connectivity index (χ4v) is 2.88. The van der Waals surface area contributed by atoms with Crippen LogP contribution in [0.15, 0.2) is 48.5 Å². The summed E-state index contributed by atoms with van der Waals surface area (Å²) in [5.41, 5.74) is 0.435. The van der Waals surface area contributed by atoms with Crippen LogP contribution in [0.2, 0.25) is 0 Å². The molecular weight excluding hydrogens is 319 g/mol. The zero-order valence-electron chi connectivity index (χ0n) is 12.4. The molecular formula is C16H15FN2O3S. The summed E-state index contributed by atoms with van der Waals surface area (Å²) in [6.45, 7) is 1.57. The summed E-state index contributed by atoms with van der Waals surface area (Å²) in [4.78, 5) is 0. The summed E-state index contributed by atoms with van der Waals surface area (Å²) in [6.07, 6.45) is 0. The molecule has 0 fully saturated rings. The maximum Gasteiger partial charge on any atom is 0.225 e. The summed E-state index contributed by atoms with van der Waals surface area (Å²) in [5, 5.41) is 8.46. The van der Waals surface area contributed by atoms with Gasteiger partial charge in [0, 0.05) is 6.04 Å². The molecule has 2 rings (SSSR count). The number of nitriles is 1. The van der Waals surface area contributed by atoms with E-state index < -0.39 is 27.6 Å². The Morgan fingerprint density at radius 2 is 1.96 bits per heavy atom. The Morgan fingerprint density at radius 3 is 2.57 bits per heavy atom. The minimum Gasteiger partial charge on any atom is -0.454 e. The lowest BCUT2D eigenvalue weighted by atomic mass is 10.1. The minimum atomic E-state index is -3.72. The standard InChI is InChI=1S/C16H15FN2O3S/c1-12(19-23(20,21)10-9-18)13-7-8-16(15(17)11-13)22-14-5-3-2-4-6-14/h2-8,11-12,19H,10H2,1H3/t12-/m0/s1. The molecule has 1 N–H and O–H groups in total. The zero-order chi connectivity index (χ0) is 16.9. The number of hydrogen-bond acceptors (Lipinski definition) is 4. The fourth-order valence-electron chi connectivity index (χ4n) is 1.95. The van der Waals surface area contributed by atoms with Gasteiger partial charge in [-0.3, -0.25) is 0 Å². The average molecular weight is 334 g/mol. The number of sulfonamides is 1. The Labute approximate surface area is 134 Å². The van der Waals surface area contributed by atoms with E-state index in [0.29, 0.717) is 11.3 Å². The number of rotatable bonds is 6. The van der Waals surface area contributed by atoms with Crippen molar-refractivity contribution in [1.29, 1.82) is 5.26 Å². The first-order valence-electron chi connectivity index (χ1n) is 6.80. The number of hydrogen-bond donors (Lipinski definition) is 1. The van der Waals surface area contributed by atoms with Crippen LogP contribution in [0.5, 0.6) is 11.5 Å². The lowest BCUT2D eigenvalue weighted by Crippen LogP contribution is -2.28. The van der Waals surface area contributed by atoms with Gasteiger partial charge in [-0.25, -0.2) is 17.5 Å². The lowest BCUT2D eigenvalue weighted by molar-refractivity contribution is 0.441. The van der Waals surface area contributed by atoms with Crippen LogP contribution in [0.1, 0.15) is 18.5 Å². The van der Waals surface area contributed by atoms with Crippen LogP contribution in [0.25, 0.3) is 0 Å². The van der Waals surface area contributed by atoms with Crippen molar-refractivity contribution in [3.8, 4) is 17.6 Å². The van der Waals surface area contributed by atoms with Crippen molar-refractivity contribution in [2.45, 2.75) is 13.0 Å². The van der Waals surface area contributed by atoms with Gasteiger partial charge in [0.25, 0.3) is 0 Å². The molecule has 0 radical (unpaired) electrons. The van der Waals surface area contributed by atoms with Gasteiger partial charge < -0.3 is 4.74 Å². The predicted octanol–water partition coefficient (Wildman–Crippen LogP) is 3.12. The van der Waals surface area contributed by atoms with E-state index in [1.165, 1.54) is 12.1 Å². The smallest absolute Gasteiger partial charge is 0.225 e. The molecule has 23 heavy (non-hydrogen) atoms. The minimum absolute atomic E-state index is 0.0482. The first-order chi connectivity index (χ1) is 10.9. The summed E-state index contributed by atoms with van der Waals surface area (Å²) in [5.74, 6) is -0.693. The van der Waals surface area contributed by atoms with Gasteiger partial charge >= 0.3 is 0 Å². The number of nitrogens with zero attached hydrogens (tertiary/aromatic N) is 1. The van der Waals surface area contributed by atoms with Crippen molar-refractivity contribution >= 4 is 10.0 Å². The summed E-state index contributed by atoms with van der Waals surface area (Å²) in [6, 6.07) is 13.9. The zero-order valence-corrected chi connectivity index (χ0v) is 13.2. The maximum absolute atomic E-state index is 14.1. The quantitative estimate of drug-likeness (QED) is 0.880. The average Bonchev–Trinajstić information content (AvgIpc) is 2.49. The molecule has 5 nitrogen and oxygen atoms in total. The van der Waals surface area contributed by atoms with Crippen molar-refractivity contribution in [2.24, 2.45) is 0 Å². The Morgan fingerprint density at radius 1 is 1.26 bits per heavy atom. The van der Waals surface area contributed by atoms with Gasteiger partial charge in [0.05, 0.1) is 6.07 Å². The molecule has 0 bridgehead atoms. The van der Waals surface area contributed by atoms with Crippen molar-refractivity contribution in [1.82, 2.24) is 4.72 Å². The van der Waals surface area contributed by atoms with Gasteiger partial charge in [-0.15, -0.1) is 0 Å². The van der Waals surface area contributed by atoms with E-state index in [2.05, 4.69) is 4.72 Å². The molecule has 0 spiro atoms. The van der Waals surface area contributed by atoms with Crippen LogP contribution in [-0.2, 0) is 10.0 Å². The highest BCUT2D eigenvalue weighted by molar-refractivity contribution is 7.89. The van der Waals surface area contributed by atoms with E-state index in [1.807, 2.05) is 6.07 Å². The van der Waals surface area contributed by atoms with E-state index >= 15 is 0 Å². The molecule has 0 aliphatic rings. The molecule has 0 amide bonds. The Bertz CT molecular complexity index is 817. The van der Waals surface area contributed by atoms with E-state index in [9.17, 15) is 12.8 Å². The molecule has 2 aromatic rings. The second-order valence-corrected chi connectivity index (χ2v) is 6.62. The number of benzene rings is 2. The summed E-state index contributed by atoms with van der Waals surface area (Å²) >= 11 is 0. The van der Waals surface area contributed by atoms with E-state index in [1.54, 1.807) is 43.3 Å². The van der Waals surface area contributed by atoms with Crippen molar-refractivity contribution in [3.63, 3.8) is 0 Å². The monoisotopic (exact) mass is 334 g/mol. The topological polar surface area (TPSA) is 79.2 Å². The first-order valence-corrected chi connectivity index (χ1v) is 8.46. The van der Waals surface area contributed by atoms with Crippen LogP contribution in [0, 0.1) is 17.1 Å². The molecule has 0 saturated carbocycles. The highest BCUT2D eigenvalue weighted by Crippen LogP contribution is 2.27. The third kappa shape index (κ3) is 4.77. The highest BCUT2D eigenvalue weighted by atomic mass is 32.2. The number of para-hydroxylation sites is 1. The Hall–Kier alpha value is -2.43. The summed E-state index contributed by atoms with van der Waals surface area (Å²) < 4.78 is 45.0. The van der Waals surface area contributed by atoms with Crippen LogP contribution >= 0.6 is 0 Å². The fraction of sp³-hybridized carbons (Fsp3) is 0.188. The SMILES string of the molecule is C[C@H](NS(=O)(=O)CC#N)c1ccc(Oc2ccccc2)c(F)c1. The van der Waals surface area contributed by atoms with Crippen LogP contribution in [0.3, 0.4) is 0 Å². The molecule has 0 aromatic heterocycles. The molecule has 1 atom stereocenters. The Balaban J connectivity index is 2.14. The largest absolute Gasteiger partial charge is 0.454 e.